The van der Waals surface area contributed by atoms with E-state index in [9.17, 15) is 17.6 Å². The molecule has 0 radical (unpaired) electrons. The number of halogens is 1. The molecule has 1 aromatic carbocycles. The molecule has 0 amide bonds. The minimum Gasteiger partial charge on any atom is -0.477 e. The van der Waals surface area contributed by atoms with Crippen molar-refractivity contribution in [3.63, 3.8) is 0 Å². The summed E-state index contributed by atoms with van der Waals surface area (Å²) >= 11 is 0. The molecule has 2 rings (SSSR count). The van der Waals surface area contributed by atoms with Crippen molar-refractivity contribution in [2.45, 2.75) is 4.90 Å². The Balaban J connectivity index is 2.69. The van der Waals surface area contributed by atoms with Gasteiger partial charge in [-0.25, -0.2) is 22.7 Å². The number of carbonyl (C=O) groups is 1. The van der Waals surface area contributed by atoms with Crippen molar-refractivity contribution >= 4 is 16.0 Å². The zero-order valence-corrected chi connectivity index (χ0v) is 10.3. The Bertz CT molecular complexity index is 735. The molecular weight excluding hydrogens is 275 g/mol. The normalized spacial score (nSPS) is 11.5. The molecule has 0 unspecified atom stereocenters. The summed E-state index contributed by atoms with van der Waals surface area (Å²) in [5.74, 6) is -1.93. The molecule has 1 heterocycles. The summed E-state index contributed by atoms with van der Waals surface area (Å²) in [6.45, 7) is 0. The minimum atomic E-state index is -4.15. The minimum absolute atomic E-state index is 0.314. The van der Waals surface area contributed by atoms with Crippen LogP contribution in [0.4, 0.5) is 4.39 Å². The first-order chi connectivity index (χ1) is 8.80. The number of nitrogens with two attached hydrogens (primary N) is 1. The summed E-state index contributed by atoms with van der Waals surface area (Å²) in [5.41, 5.74) is -0.178. The van der Waals surface area contributed by atoms with Crippen molar-refractivity contribution < 1.29 is 22.7 Å². The highest BCUT2D eigenvalue weighted by atomic mass is 32.2. The van der Waals surface area contributed by atoms with Crippen LogP contribution in [0.3, 0.4) is 0 Å². The standard InChI is InChI=1S/C11H9FN2O4S/c12-7-1-3-8(4-2-7)14-6-5-9(19(13,17)18)10(14)11(15)16/h1-6H,(H,15,16)(H2,13,17,18). The van der Waals surface area contributed by atoms with E-state index in [1.165, 1.54) is 18.3 Å². The van der Waals surface area contributed by atoms with Crippen molar-refractivity contribution in [1.82, 2.24) is 4.57 Å². The molecule has 0 saturated carbocycles. The van der Waals surface area contributed by atoms with Gasteiger partial charge in [0.25, 0.3) is 0 Å². The van der Waals surface area contributed by atoms with Gasteiger partial charge in [0.2, 0.25) is 10.0 Å². The summed E-state index contributed by atoms with van der Waals surface area (Å²) in [7, 11) is -4.15. The molecular formula is C11H9FN2O4S. The molecule has 6 nitrogen and oxygen atoms in total. The molecule has 19 heavy (non-hydrogen) atoms. The second-order valence-electron chi connectivity index (χ2n) is 3.73. The Kier molecular flexibility index (Phi) is 3.13. The van der Waals surface area contributed by atoms with Crippen LogP contribution >= 0.6 is 0 Å². The van der Waals surface area contributed by atoms with Crippen LogP contribution in [0, 0.1) is 5.82 Å². The van der Waals surface area contributed by atoms with Crippen LogP contribution < -0.4 is 5.14 Å². The van der Waals surface area contributed by atoms with E-state index in [2.05, 4.69) is 0 Å². The van der Waals surface area contributed by atoms with E-state index >= 15 is 0 Å². The molecule has 0 fully saturated rings. The number of carboxylic acids is 1. The van der Waals surface area contributed by atoms with Gasteiger partial charge in [-0.2, -0.15) is 0 Å². The number of aromatic carboxylic acids is 1. The van der Waals surface area contributed by atoms with Gasteiger partial charge in [0.15, 0.2) is 5.69 Å². The number of rotatable bonds is 3. The molecule has 1 aromatic heterocycles. The molecule has 0 aliphatic rings. The number of hydrogen-bond acceptors (Lipinski definition) is 3. The van der Waals surface area contributed by atoms with E-state index in [-0.39, 0.29) is 0 Å². The number of aromatic nitrogens is 1. The maximum absolute atomic E-state index is 12.8. The summed E-state index contributed by atoms with van der Waals surface area (Å²) < 4.78 is 36.5. The van der Waals surface area contributed by atoms with E-state index in [1.807, 2.05) is 0 Å². The van der Waals surface area contributed by atoms with Gasteiger partial charge in [-0.15, -0.1) is 0 Å². The number of sulfonamides is 1. The number of benzene rings is 1. The molecule has 0 aliphatic heterocycles. The Morgan fingerprint density at radius 3 is 2.26 bits per heavy atom. The average Bonchev–Trinajstić information content (AvgIpc) is 2.74. The van der Waals surface area contributed by atoms with E-state index in [0.717, 1.165) is 22.8 Å². The van der Waals surface area contributed by atoms with Gasteiger partial charge < -0.3 is 9.67 Å². The van der Waals surface area contributed by atoms with E-state index < -0.39 is 32.4 Å². The lowest BCUT2D eigenvalue weighted by Gasteiger charge is -2.07. The highest BCUT2D eigenvalue weighted by molar-refractivity contribution is 7.89. The lowest BCUT2D eigenvalue weighted by atomic mass is 10.3. The molecule has 0 bridgehead atoms. The van der Waals surface area contributed by atoms with Crippen LogP contribution in [-0.2, 0) is 10.0 Å². The fraction of sp³-hybridized carbons (Fsp3) is 0. The quantitative estimate of drug-likeness (QED) is 0.876. The fourth-order valence-corrected chi connectivity index (χ4v) is 2.37. The fourth-order valence-electron chi connectivity index (χ4n) is 1.67. The number of primary sulfonamides is 1. The summed E-state index contributed by atoms with van der Waals surface area (Å²) in [6.07, 6.45) is 1.25. The van der Waals surface area contributed by atoms with Crippen molar-refractivity contribution in [3.05, 3.63) is 48.0 Å². The Morgan fingerprint density at radius 2 is 1.79 bits per heavy atom. The second kappa shape index (κ2) is 4.48. The molecule has 8 heteroatoms. The van der Waals surface area contributed by atoms with Crippen LogP contribution in [0.25, 0.3) is 5.69 Å². The van der Waals surface area contributed by atoms with E-state index in [1.54, 1.807) is 0 Å². The third-order valence-electron chi connectivity index (χ3n) is 2.46. The van der Waals surface area contributed by atoms with Crippen LogP contribution in [-0.4, -0.2) is 24.1 Å². The highest BCUT2D eigenvalue weighted by Crippen LogP contribution is 2.20. The summed E-state index contributed by atoms with van der Waals surface area (Å²) in [4.78, 5) is 10.7. The topological polar surface area (TPSA) is 102 Å². The first-order valence-corrected chi connectivity index (χ1v) is 6.58. The van der Waals surface area contributed by atoms with Gasteiger partial charge in [0.1, 0.15) is 10.7 Å². The highest BCUT2D eigenvalue weighted by Gasteiger charge is 2.24. The van der Waals surface area contributed by atoms with Crippen LogP contribution in [0.2, 0.25) is 0 Å². The van der Waals surface area contributed by atoms with Crippen molar-refractivity contribution in [2.75, 3.05) is 0 Å². The SMILES string of the molecule is NS(=O)(=O)c1ccn(-c2ccc(F)cc2)c1C(=O)O. The number of nitrogens with zero attached hydrogens (tertiary/aromatic N) is 1. The third kappa shape index (κ3) is 2.49. The van der Waals surface area contributed by atoms with Gasteiger partial charge >= 0.3 is 5.97 Å². The smallest absolute Gasteiger partial charge is 0.354 e. The number of hydrogen-bond donors (Lipinski definition) is 2. The lowest BCUT2D eigenvalue weighted by Crippen LogP contribution is -2.17. The van der Waals surface area contributed by atoms with Crippen molar-refractivity contribution in [2.24, 2.45) is 5.14 Å². The average molecular weight is 284 g/mol. The summed E-state index contributed by atoms with van der Waals surface area (Å²) in [6, 6.07) is 6.01. The summed E-state index contributed by atoms with van der Waals surface area (Å²) in [5, 5.41) is 14.0. The lowest BCUT2D eigenvalue weighted by molar-refractivity contribution is 0.0684. The molecule has 0 atom stereocenters. The molecule has 3 N–H and O–H groups in total. The second-order valence-corrected chi connectivity index (χ2v) is 5.26. The number of carboxylic acid groups (broad SMARTS) is 1. The van der Waals surface area contributed by atoms with E-state index in [0.29, 0.717) is 5.69 Å². The van der Waals surface area contributed by atoms with Gasteiger partial charge in [-0.05, 0) is 30.3 Å². The van der Waals surface area contributed by atoms with Gasteiger partial charge in [-0.1, -0.05) is 0 Å². The maximum atomic E-state index is 12.8. The largest absolute Gasteiger partial charge is 0.477 e. The first-order valence-electron chi connectivity index (χ1n) is 5.04. The zero-order chi connectivity index (χ0) is 14.2. The predicted octanol–water partition coefficient (Wildman–Crippen LogP) is 0.962. The van der Waals surface area contributed by atoms with E-state index in [4.69, 9.17) is 10.2 Å². The maximum Gasteiger partial charge on any atom is 0.354 e. The van der Waals surface area contributed by atoms with Crippen molar-refractivity contribution in [3.8, 4) is 5.69 Å². The predicted molar refractivity (Wildman–Crippen MR) is 64.1 cm³/mol. The monoisotopic (exact) mass is 284 g/mol. The molecule has 100 valence electrons. The van der Waals surface area contributed by atoms with Crippen molar-refractivity contribution in [1.29, 1.82) is 0 Å². The van der Waals surface area contributed by atoms with Crippen LogP contribution in [0.1, 0.15) is 10.5 Å². The van der Waals surface area contributed by atoms with Gasteiger partial charge in [0, 0.05) is 11.9 Å². The van der Waals surface area contributed by atoms with Crippen LogP contribution in [0.15, 0.2) is 41.4 Å². The molecule has 2 aromatic rings. The Hall–Kier alpha value is -2.19. The van der Waals surface area contributed by atoms with Gasteiger partial charge in [-0.3, -0.25) is 0 Å². The molecule has 0 saturated heterocycles. The Morgan fingerprint density at radius 1 is 1.21 bits per heavy atom. The Labute approximate surface area is 107 Å². The first kappa shape index (κ1) is 13.2. The third-order valence-corrected chi connectivity index (χ3v) is 3.41. The van der Waals surface area contributed by atoms with Crippen LogP contribution in [0.5, 0.6) is 0 Å². The molecule has 0 spiro atoms. The zero-order valence-electron chi connectivity index (χ0n) is 9.45. The molecule has 0 aliphatic carbocycles. The van der Waals surface area contributed by atoms with Gasteiger partial charge in [0.05, 0.1) is 0 Å².